The number of hydrogen-bond donors (Lipinski definition) is 1. The van der Waals surface area contributed by atoms with Crippen molar-refractivity contribution in [2.45, 2.75) is 19.9 Å². The average Bonchev–Trinajstić information content (AvgIpc) is 2.70. The van der Waals surface area contributed by atoms with E-state index in [1.165, 1.54) is 17.1 Å². The summed E-state index contributed by atoms with van der Waals surface area (Å²) in [6, 6.07) is 0. The number of hydrogen-bond acceptors (Lipinski definition) is 6. The maximum absolute atomic E-state index is 11.3. The van der Waals surface area contributed by atoms with E-state index in [-0.39, 0.29) is 24.7 Å². The standard InChI is InChI=1S/C10H17N3O4S/c1-2-18(15,16)5-3-4-17-10(14)8-13-7-9(11)6-12-13/h6-7H,2-5,8,11H2,1H3. The number of nitrogens with zero attached hydrogens (tertiary/aromatic N) is 2. The highest BCUT2D eigenvalue weighted by Crippen LogP contribution is 1.99. The number of aromatic nitrogens is 2. The Kier molecular flexibility index (Phi) is 5.14. The molecular formula is C10H17N3O4S. The second-order valence-electron chi connectivity index (χ2n) is 3.78. The van der Waals surface area contributed by atoms with Crippen LogP contribution in [0, 0.1) is 0 Å². The molecule has 1 aromatic rings. The van der Waals surface area contributed by atoms with Crippen LogP contribution in [0.25, 0.3) is 0 Å². The lowest BCUT2D eigenvalue weighted by Gasteiger charge is -2.05. The molecule has 0 aromatic carbocycles. The third kappa shape index (κ3) is 5.17. The second-order valence-corrected chi connectivity index (χ2v) is 6.25. The molecule has 2 N–H and O–H groups in total. The Morgan fingerprint density at radius 1 is 1.56 bits per heavy atom. The van der Waals surface area contributed by atoms with Crippen LogP contribution in [0.4, 0.5) is 5.69 Å². The fourth-order valence-electron chi connectivity index (χ4n) is 1.25. The molecule has 102 valence electrons. The highest BCUT2D eigenvalue weighted by molar-refractivity contribution is 7.91. The molecule has 0 aliphatic heterocycles. The van der Waals surface area contributed by atoms with Crippen molar-refractivity contribution in [2.75, 3.05) is 23.8 Å². The Balaban J connectivity index is 2.22. The first-order valence-electron chi connectivity index (χ1n) is 5.57. The smallest absolute Gasteiger partial charge is 0.327 e. The zero-order valence-corrected chi connectivity index (χ0v) is 11.0. The Bertz CT molecular complexity index is 495. The van der Waals surface area contributed by atoms with Gasteiger partial charge in [0.15, 0.2) is 0 Å². The van der Waals surface area contributed by atoms with Gasteiger partial charge in [-0.25, -0.2) is 8.42 Å². The third-order valence-corrected chi connectivity index (χ3v) is 4.04. The first-order valence-corrected chi connectivity index (χ1v) is 7.39. The van der Waals surface area contributed by atoms with Crippen LogP contribution in [-0.4, -0.2) is 42.3 Å². The van der Waals surface area contributed by atoms with Gasteiger partial charge in [-0.2, -0.15) is 5.10 Å². The van der Waals surface area contributed by atoms with E-state index in [9.17, 15) is 13.2 Å². The molecule has 0 aliphatic rings. The minimum absolute atomic E-state index is 0.0300. The zero-order valence-electron chi connectivity index (χ0n) is 10.2. The fraction of sp³-hybridized carbons (Fsp3) is 0.600. The molecule has 0 radical (unpaired) electrons. The number of nitrogens with two attached hydrogens (primary N) is 1. The van der Waals surface area contributed by atoms with Gasteiger partial charge in [0.25, 0.3) is 0 Å². The summed E-state index contributed by atoms with van der Waals surface area (Å²) in [6.07, 6.45) is 3.26. The highest BCUT2D eigenvalue weighted by Gasteiger charge is 2.09. The molecule has 0 amide bonds. The van der Waals surface area contributed by atoms with Gasteiger partial charge in [0.1, 0.15) is 16.4 Å². The molecule has 1 rings (SSSR count). The summed E-state index contributed by atoms with van der Waals surface area (Å²) in [5.41, 5.74) is 5.91. The van der Waals surface area contributed by atoms with Crippen LogP contribution >= 0.6 is 0 Å². The predicted molar refractivity (Wildman–Crippen MR) is 66.5 cm³/mol. The largest absolute Gasteiger partial charge is 0.464 e. The van der Waals surface area contributed by atoms with Crippen LogP contribution in [-0.2, 0) is 25.9 Å². The highest BCUT2D eigenvalue weighted by atomic mass is 32.2. The van der Waals surface area contributed by atoms with Crippen molar-refractivity contribution in [3.8, 4) is 0 Å². The van der Waals surface area contributed by atoms with Gasteiger partial charge >= 0.3 is 5.97 Å². The number of rotatable bonds is 7. The molecule has 0 saturated heterocycles. The summed E-state index contributed by atoms with van der Waals surface area (Å²) in [6.45, 7) is 1.65. The van der Waals surface area contributed by atoms with Gasteiger partial charge in [0.2, 0.25) is 0 Å². The molecule has 0 aliphatic carbocycles. The zero-order chi connectivity index (χ0) is 13.6. The molecule has 0 spiro atoms. The number of ether oxygens (including phenoxy) is 1. The third-order valence-electron chi connectivity index (χ3n) is 2.25. The summed E-state index contributed by atoms with van der Waals surface area (Å²) < 4.78 is 28.6. The molecule has 0 saturated carbocycles. The van der Waals surface area contributed by atoms with Gasteiger partial charge in [-0.3, -0.25) is 9.48 Å². The van der Waals surface area contributed by atoms with Gasteiger partial charge in [-0.05, 0) is 6.42 Å². The van der Waals surface area contributed by atoms with Crippen molar-refractivity contribution in [2.24, 2.45) is 0 Å². The Labute approximate surface area is 106 Å². The van der Waals surface area contributed by atoms with E-state index in [0.717, 1.165) is 0 Å². The van der Waals surface area contributed by atoms with Crippen molar-refractivity contribution < 1.29 is 17.9 Å². The lowest BCUT2D eigenvalue weighted by molar-refractivity contribution is -0.144. The van der Waals surface area contributed by atoms with Crippen molar-refractivity contribution in [1.29, 1.82) is 0 Å². The summed E-state index contributed by atoms with van der Waals surface area (Å²) in [5, 5.41) is 3.83. The van der Waals surface area contributed by atoms with Crippen LogP contribution in [0.5, 0.6) is 0 Å². The molecule has 0 unspecified atom stereocenters. The minimum Gasteiger partial charge on any atom is -0.464 e. The minimum atomic E-state index is -3.00. The molecule has 8 heteroatoms. The summed E-state index contributed by atoms with van der Waals surface area (Å²) in [5.74, 6) is -0.328. The van der Waals surface area contributed by atoms with Crippen LogP contribution in [0.3, 0.4) is 0 Å². The van der Waals surface area contributed by atoms with Gasteiger partial charge < -0.3 is 10.5 Å². The van der Waals surface area contributed by atoms with Crippen LogP contribution < -0.4 is 5.73 Å². The number of nitrogen functional groups attached to an aromatic ring is 1. The van der Waals surface area contributed by atoms with Crippen LogP contribution in [0.15, 0.2) is 12.4 Å². The average molecular weight is 275 g/mol. The van der Waals surface area contributed by atoms with Gasteiger partial charge in [0.05, 0.1) is 24.2 Å². The van der Waals surface area contributed by atoms with Crippen molar-refractivity contribution >= 4 is 21.5 Å². The van der Waals surface area contributed by atoms with Crippen molar-refractivity contribution in [3.63, 3.8) is 0 Å². The predicted octanol–water partition coefficient (Wildman–Crippen LogP) is -0.167. The number of sulfone groups is 1. The summed E-state index contributed by atoms with van der Waals surface area (Å²) in [7, 11) is -3.00. The molecule has 18 heavy (non-hydrogen) atoms. The maximum atomic E-state index is 11.3. The van der Waals surface area contributed by atoms with Crippen molar-refractivity contribution in [1.82, 2.24) is 9.78 Å². The first-order chi connectivity index (χ1) is 8.43. The Morgan fingerprint density at radius 2 is 2.28 bits per heavy atom. The number of esters is 1. The van der Waals surface area contributed by atoms with E-state index in [1.807, 2.05) is 0 Å². The number of carbonyl (C=O) groups excluding carboxylic acids is 1. The summed E-state index contributed by atoms with van der Waals surface area (Å²) in [4.78, 5) is 11.3. The van der Waals surface area contributed by atoms with E-state index in [0.29, 0.717) is 12.1 Å². The maximum Gasteiger partial charge on any atom is 0.327 e. The van der Waals surface area contributed by atoms with E-state index < -0.39 is 15.8 Å². The quantitative estimate of drug-likeness (QED) is 0.547. The molecule has 1 heterocycles. The van der Waals surface area contributed by atoms with E-state index in [2.05, 4.69) is 5.10 Å². The van der Waals surface area contributed by atoms with Gasteiger partial charge in [-0.15, -0.1) is 0 Å². The molecular weight excluding hydrogens is 258 g/mol. The van der Waals surface area contributed by atoms with Crippen LogP contribution in [0.1, 0.15) is 13.3 Å². The lowest BCUT2D eigenvalue weighted by atomic mass is 10.5. The lowest BCUT2D eigenvalue weighted by Crippen LogP contribution is -2.16. The monoisotopic (exact) mass is 275 g/mol. The molecule has 0 fully saturated rings. The SMILES string of the molecule is CCS(=O)(=O)CCCOC(=O)Cn1cc(N)cn1. The molecule has 7 nitrogen and oxygen atoms in total. The Hall–Kier alpha value is -1.57. The van der Waals surface area contributed by atoms with Crippen LogP contribution in [0.2, 0.25) is 0 Å². The van der Waals surface area contributed by atoms with Crippen molar-refractivity contribution in [3.05, 3.63) is 12.4 Å². The van der Waals surface area contributed by atoms with Gasteiger partial charge in [-0.1, -0.05) is 6.92 Å². The molecule has 1 aromatic heterocycles. The first kappa shape index (κ1) is 14.5. The number of carbonyl (C=O) groups is 1. The van der Waals surface area contributed by atoms with Gasteiger partial charge in [0, 0.05) is 11.9 Å². The Morgan fingerprint density at radius 3 is 2.83 bits per heavy atom. The molecule has 0 bridgehead atoms. The fourth-order valence-corrected chi connectivity index (χ4v) is 2.10. The van der Waals surface area contributed by atoms with E-state index >= 15 is 0 Å². The summed E-state index contributed by atoms with van der Waals surface area (Å²) >= 11 is 0. The normalized spacial score (nSPS) is 11.4. The number of anilines is 1. The van der Waals surface area contributed by atoms with E-state index in [1.54, 1.807) is 6.92 Å². The molecule has 0 atom stereocenters. The second kappa shape index (κ2) is 6.39. The topological polar surface area (TPSA) is 104 Å². The van der Waals surface area contributed by atoms with E-state index in [4.69, 9.17) is 10.5 Å².